The lowest BCUT2D eigenvalue weighted by molar-refractivity contribution is -0.692. The first kappa shape index (κ1) is 16.6. The van der Waals surface area contributed by atoms with Crippen LogP contribution >= 0.6 is 0 Å². The molecule has 0 amide bonds. The maximum Gasteiger partial charge on any atom is 0.498 e. The van der Waals surface area contributed by atoms with E-state index in [0.717, 1.165) is 17.0 Å². The van der Waals surface area contributed by atoms with Crippen LogP contribution in [0.5, 0.6) is 17.2 Å². The first-order valence-corrected chi connectivity index (χ1v) is 7.09. The Hall–Kier alpha value is -2.76. The zero-order valence-electron chi connectivity index (χ0n) is 14.0. The van der Waals surface area contributed by atoms with Gasteiger partial charge in [0.15, 0.2) is 11.5 Å². The lowest BCUT2D eigenvalue weighted by Gasteiger charge is -2.11. The summed E-state index contributed by atoms with van der Waals surface area (Å²) in [4.78, 5) is 12.1. The molecule has 0 spiro atoms. The van der Waals surface area contributed by atoms with E-state index in [0.29, 0.717) is 5.75 Å². The molecule has 0 atom stereocenters. The van der Waals surface area contributed by atoms with Crippen LogP contribution in [0.3, 0.4) is 0 Å². The molecule has 0 bridgehead atoms. The molecule has 1 heterocycles. The summed E-state index contributed by atoms with van der Waals surface area (Å²) in [5.74, 6) is 0.725. The number of nitrogens with zero attached hydrogens (tertiary/aromatic N) is 2. The van der Waals surface area contributed by atoms with Crippen LogP contribution in [-0.4, -0.2) is 23.9 Å². The van der Waals surface area contributed by atoms with Crippen molar-refractivity contribution in [1.82, 2.24) is 4.57 Å². The topological polar surface area (TPSA) is 64.6 Å². The van der Waals surface area contributed by atoms with Crippen LogP contribution in [0.1, 0.15) is 17.0 Å². The van der Waals surface area contributed by atoms with E-state index in [1.165, 1.54) is 20.3 Å². The second-order valence-electron chi connectivity index (χ2n) is 5.18. The minimum Gasteiger partial charge on any atom is -0.504 e. The van der Waals surface area contributed by atoms with Crippen molar-refractivity contribution in [2.24, 2.45) is 14.1 Å². The van der Waals surface area contributed by atoms with Crippen LogP contribution in [0.25, 0.3) is 12.2 Å². The maximum absolute atomic E-state index is 12.1. The van der Waals surface area contributed by atoms with E-state index in [9.17, 15) is 9.90 Å². The molecular weight excluding hydrogens is 296 g/mol. The standard InChI is InChI=1S/C17H20N2O4/c1-11-10-13(19(3)17(21)18(11)2)8-6-12-7-9-14(20)16(23-5)15(12)22-4/h6-10H,1-5H3/p+1. The minimum atomic E-state index is -0.0973. The molecule has 0 aliphatic carbocycles. The van der Waals surface area contributed by atoms with Gasteiger partial charge in [-0.3, -0.25) is 0 Å². The summed E-state index contributed by atoms with van der Waals surface area (Å²) in [7, 11) is 6.43. The van der Waals surface area contributed by atoms with Gasteiger partial charge < -0.3 is 14.6 Å². The highest BCUT2D eigenvalue weighted by Gasteiger charge is 2.14. The number of ether oxygens (including phenoxy) is 2. The predicted octanol–water partition coefficient (Wildman–Crippen LogP) is 1.41. The summed E-state index contributed by atoms with van der Waals surface area (Å²) in [6.45, 7) is 1.88. The summed E-state index contributed by atoms with van der Waals surface area (Å²) in [6, 6.07) is 5.18. The monoisotopic (exact) mass is 317 g/mol. The van der Waals surface area contributed by atoms with Crippen molar-refractivity contribution in [3.8, 4) is 17.2 Å². The van der Waals surface area contributed by atoms with Gasteiger partial charge in [-0.1, -0.05) is 0 Å². The zero-order chi connectivity index (χ0) is 17.1. The Balaban J connectivity index is 2.52. The van der Waals surface area contributed by atoms with E-state index in [-0.39, 0.29) is 17.2 Å². The number of phenolic OH excluding ortho intramolecular Hbond substituents is 1. The maximum atomic E-state index is 12.1. The highest BCUT2D eigenvalue weighted by molar-refractivity contribution is 5.74. The zero-order valence-corrected chi connectivity index (χ0v) is 14.0. The first-order chi connectivity index (χ1) is 10.9. The number of phenols is 1. The molecule has 0 fully saturated rings. The summed E-state index contributed by atoms with van der Waals surface area (Å²) in [5, 5.41) is 9.80. The number of aromatic hydroxyl groups is 1. The third-order valence-electron chi connectivity index (χ3n) is 3.81. The largest absolute Gasteiger partial charge is 0.504 e. The fourth-order valence-electron chi connectivity index (χ4n) is 2.34. The SMILES string of the molecule is COc1c(O)ccc(/C=C/c2cc(C)n(C)c(=O)[n+]2C)c1OC. The molecule has 6 heteroatoms. The molecule has 0 radical (unpaired) electrons. The number of rotatable bonds is 4. The summed E-state index contributed by atoms with van der Waals surface area (Å²) in [6.07, 6.45) is 3.64. The second-order valence-corrected chi connectivity index (χ2v) is 5.18. The van der Waals surface area contributed by atoms with Gasteiger partial charge in [-0.25, -0.2) is 0 Å². The highest BCUT2D eigenvalue weighted by Crippen LogP contribution is 2.39. The Bertz CT molecular complexity index is 822. The van der Waals surface area contributed by atoms with Crippen LogP contribution in [-0.2, 0) is 14.1 Å². The molecule has 2 rings (SSSR count). The third kappa shape index (κ3) is 3.06. The van der Waals surface area contributed by atoms with E-state index in [2.05, 4.69) is 0 Å². The summed E-state index contributed by atoms with van der Waals surface area (Å²) >= 11 is 0. The molecule has 0 aliphatic rings. The van der Waals surface area contributed by atoms with Gasteiger partial charge in [0.2, 0.25) is 5.75 Å². The number of hydrogen-bond acceptors (Lipinski definition) is 4. The lowest BCUT2D eigenvalue weighted by atomic mass is 10.1. The van der Waals surface area contributed by atoms with E-state index in [1.807, 2.05) is 25.1 Å². The Kier molecular flexibility index (Phi) is 4.74. The van der Waals surface area contributed by atoms with Gasteiger partial charge in [0.05, 0.1) is 28.3 Å². The van der Waals surface area contributed by atoms with Gasteiger partial charge in [-0.2, -0.15) is 13.9 Å². The molecular formula is C17H21N2O4+. The lowest BCUT2D eigenvalue weighted by Crippen LogP contribution is -2.53. The number of hydrogen-bond donors (Lipinski definition) is 1. The van der Waals surface area contributed by atoms with E-state index < -0.39 is 0 Å². The van der Waals surface area contributed by atoms with Crippen LogP contribution in [0.15, 0.2) is 23.0 Å². The molecule has 6 nitrogen and oxygen atoms in total. The Morgan fingerprint density at radius 2 is 1.83 bits per heavy atom. The van der Waals surface area contributed by atoms with Gasteiger partial charge in [0.1, 0.15) is 11.4 Å². The molecule has 122 valence electrons. The second kappa shape index (κ2) is 6.56. The minimum absolute atomic E-state index is 0.0106. The fraction of sp³-hybridized carbons (Fsp3) is 0.294. The van der Waals surface area contributed by atoms with Crippen LogP contribution < -0.4 is 19.7 Å². The molecule has 23 heavy (non-hydrogen) atoms. The van der Waals surface area contributed by atoms with Gasteiger partial charge in [0.25, 0.3) is 0 Å². The smallest absolute Gasteiger partial charge is 0.498 e. The van der Waals surface area contributed by atoms with E-state index in [4.69, 9.17) is 9.47 Å². The normalized spacial score (nSPS) is 11.0. The van der Waals surface area contributed by atoms with Crippen molar-refractivity contribution in [3.63, 3.8) is 0 Å². The molecule has 0 saturated carbocycles. The number of aromatic nitrogens is 2. The quantitative estimate of drug-likeness (QED) is 0.866. The average molecular weight is 317 g/mol. The van der Waals surface area contributed by atoms with Crippen molar-refractivity contribution in [2.45, 2.75) is 6.92 Å². The third-order valence-corrected chi connectivity index (χ3v) is 3.81. The van der Waals surface area contributed by atoms with Gasteiger partial charge >= 0.3 is 5.69 Å². The molecule has 0 saturated heterocycles. The molecule has 0 aliphatic heterocycles. The van der Waals surface area contributed by atoms with Gasteiger partial charge in [-0.15, -0.1) is 0 Å². The van der Waals surface area contributed by atoms with E-state index in [1.54, 1.807) is 29.3 Å². The van der Waals surface area contributed by atoms with Crippen molar-refractivity contribution in [3.05, 3.63) is 45.6 Å². The van der Waals surface area contributed by atoms with Gasteiger partial charge in [0, 0.05) is 11.6 Å². The average Bonchev–Trinajstić information content (AvgIpc) is 2.55. The molecule has 1 aromatic carbocycles. The van der Waals surface area contributed by atoms with Crippen LogP contribution in [0.2, 0.25) is 0 Å². The first-order valence-electron chi connectivity index (χ1n) is 7.09. The number of benzene rings is 1. The van der Waals surface area contributed by atoms with E-state index >= 15 is 0 Å². The van der Waals surface area contributed by atoms with Crippen molar-refractivity contribution in [2.75, 3.05) is 14.2 Å². The highest BCUT2D eigenvalue weighted by atomic mass is 16.5. The molecule has 0 unspecified atom stereocenters. The predicted molar refractivity (Wildman–Crippen MR) is 87.7 cm³/mol. The Morgan fingerprint density at radius 3 is 2.43 bits per heavy atom. The fourth-order valence-corrected chi connectivity index (χ4v) is 2.34. The van der Waals surface area contributed by atoms with Crippen molar-refractivity contribution in [1.29, 1.82) is 0 Å². The molecule has 1 aromatic heterocycles. The number of aryl methyl sites for hydroxylation is 1. The summed E-state index contributed by atoms with van der Waals surface area (Å²) < 4.78 is 13.6. The Morgan fingerprint density at radius 1 is 1.17 bits per heavy atom. The summed E-state index contributed by atoms with van der Waals surface area (Å²) in [5.41, 5.74) is 2.27. The van der Waals surface area contributed by atoms with Crippen molar-refractivity contribution < 1.29 is 19.1 Å². The molecule has 2 aromatic rings. The van der Waals surface area contributed by atoms with Crippen LogP contribution in [0.4, 0.5) is 0 Å². The number of methoxy groups -OCH3 is 2. The van der Waals surface area contributed by atoms with Crippen LogP contribution in [0, 0.1) is 6.92 Å². The van der Waals surface area contributed by atoms with Crippen molar-refractivity contribution >= 4 is 12.2 Å². The molecule has 1 N–H and O–H groups in total. The Labute approximate surface area is 134 Å². The van der Waals surface area contributed by atoms with Gasteiger partial charge in [-0.05, 0) is 31.2 Å².